The maximum atomic E-state index is 13.1. The van der Waals surface area contributed by atoms with Gasteiger partial charge in [0.25, 0.3) is 0 Å². The summed E-state index contributed by atoms with van der Waals surface area (Å²) in [6, 6.07) is 7.48. The first-order valence-corrected chi connectivity index (χ1v) is 7.52. The molecule has 1 heterocycles. The molecule has 1 unspecified atom stereocenters. The molecule has 23 heavy (non-hydrogen) atoms. The molecule has 1 fully saturated rings. The van der Waals surface area contributed by atoms with Crippen LogP contribution in [-0.2, 0) is 11.2 Å². The molecule has 0 aliphatic carbocycles. The van der Waals surface area contributed by atoms with Crippen molar-refractivity contribution in [3.05, 3.63) is 35.4 Å². The second kappa shape index (κ2) is 7.47. The van der Waals surface area contributed by atoms with Crippen molar-refractivity contribution in [2.24, 2.45) is 0 Å². The predicted octanol–water partition coefficient (Wildman–Crippen LogP) is 2.94. The highest BCUT2D eigenvalue weighted by Crippen LogP contribution is 2.29. The molecule has 1 aliphatic heterocycles. The first-order chi connectivity index (χ1) is 10.9. The number of halogens is 3. The number of hydrogen-bond acceptors (Lipinski definition) is 3. The molecule has 0 saturated carbocycles. The Balaban J connectivity index is 1.84. The third-order valence-electron chi connectivity index (χ3n) is 3.85. The smallest absolute Gasteiger partial charge is 0.288 e. The average Bonchev–Trinajstić information content (AvgIpc) is 2.92. The largest absolute Gasteiger partial charge is 0.405 e. The highest BCUT2D eigenvalue weighted by Gasteiger charge is 2.45. The minimum Gasteiger partial charge on any atom is -0.288 e. The summed E-state index contributed by atoms with van der Waals surface area (Å²) in [5.41, 5.74) is 3.77. The van der Waals surface area contributed by atoms with Gasteiger partial charge in [0, 0.05) is 13.0 Å². The molecule has 1 aliphatic rings. The van der Waals surface area contributed by atoms with Crippen LogP contribution >= 0.6 is 0 Å². The molecule has 1 amide bonds. The number of benzene rings is 1. The average molecular weight is 325 g/mol. The van der Waals surface area contributed by atoms with Gasteiger partial charge in [-0.05, 0) is 37.0 Å². The van der Waals surface area contributed by atoms with E-state index in [1.165, 1.54) is 0 Å². The minimum atomic E-state index is -4.36. The first kappa shape index (κ1) is 17.3. The second-order valence-electron chi connectivity index (χ2n) is 5.59. The van der Waals surface area contributed by atoms with Crippen LogP contribution in [0.3, 0.4) is 0 Å². The van der Waals surface area contributed by atoms with Crippen molar-refractivity contribution in [1.82, 2.24) is 10.4 Å². The first-order valence-electron chi connectivity index (χ1n) is 7.52. The number of unbranched alkanes of at least 4 members (excludes halogenated alkanes) is 1. The fourth-order valence-electron chi connectivity index (χ4n) is 2.69. The SMILES string of the molecule is N#Cc1cccc(CCCCC(N2CCC(=O)N2)C(F)(F)F)c1. The highest BCUT2D eigenvalue weighted by atomic mass is 19.4. The zero-order chi connectivity index (χ0) is 16.9. The molecule has 4 nitrogen and oxygen atoms in total. The van der Waals surface area contributed by atoms with Gasteiger partial charge < -0.3 is 0 Å². The van der Waals surface area contributed by atoms with Crippen molar-refractivity contribution in [3.63, 3.8) is 0 Å². The molecule has 124 valence electrons. The van der Waals surface area contributed by atoms with E-state index >= 15 is 0 Å². The summed E-state index contributed by atoms with van der Waals surface area (Å²) in [5.74, 6) is -0.368. The number of carbonyl (C=O) groups is 1. The summed E-state index contributed by atoms with van der Waals surface area (Å²) in [7, 11) is 0. The number of nitrogens with one attached hydrogen (secondary N) is 1. The van der Waals surface area contributed by atoms with Gasteiger partial charge in [-0.3, -0.25) is 10.2 Å². The fraction of sp³-hybridized carbons (Fsp3) is 0.500. The van der Waals surface area contributed by atoms with Gasteiger partial charge in [0.05, 0.1) is 11.6 Å². The summed E-state index contributed by atoms with van der Waals surface area (Å²) < 4.78 is 39.4. The van der Waals surface area contributed by atoms with Crippen molar-refractivity contribution in [2.75, 3.05) is 6.54 Å². The van der Waals surface area contributed by atoms with Gasteiger partial charge in [-0.2, -0.15) is 18.4 Å². The molecule has 1 aromatic carbocycles. The second-order valence-corrected chi connectivity index (χ2v) is 5.59. The van der Waals surface area contributed by atoms with E-state index in [1.54, 1.807) is 18.2 Å². The van der Waals surface area contributed by atoms with E-state index in [1.807, 2.05) is 12.1 Å². The summed E-state index contributed by atoms with van der Waals surface area (Å²) in [4.78, 5) is 11.1. The number of rotatable bonds is 6. The van der Waals surface area contributed by atoms with Crippen LogP contribution in [0.15, 0.2) is 24.3 Å². The Morgan fingerprint density at radius 1 is 1.35 bits per heavy atom. The summed E-state index contributed by atoms with van der Waals surface area (Å²) in [6.07, 6.45) is -2.68. The van der Waals surface area contributed by atoms with E-state index < -0.39 is 12.2 Å². The zero-order valence-electron chi connectivity index (χ0n) is 12.6. The van der Waals surface area contributed by atoms with Crippen molar-refractivity contribution in [3.8, 4) is 6.07 Å². The molecule has 0 spiro atoms. The van der Waals surface area contributed by atoms with E-state index in [0.717, 1.165) is 10.6 Å². The van der Waals surface area contributed by atoms with Gasteiger partial charge in [0.2, 0.25) is 5.91 Å². The number of amides is 1. The lowest BCUT2D eigenvalue weighted by Crippen LogP contribution is -2.49. The van der Waals surface area contributed by atoms with E-state index in [2.05, 4.69) is 5.43 Å². The minimum absolute atomic E-state index is 0.0538. The van der Waals surface area contributed by atoms with Crippen LogP contribution in [0.2, 0.25) is 0 Å². The lowest BCUT2D eigenvalue weighted by atomic mass is 10.0. The maximum Gasteiger partial charge on any atom is 0.405 e. The summed E-state index contributed by atoms with van der Waals surface area (Å²) in [6.45, 7) is 0.0905. The zero-order valence-corrected chi connectivity index (χ0v) is 12.6. The number of alkyl halides is 3. The number of nitrogens with zero attached hydrogens (tertiary/aromatic N) is 2. The molecule has 7 heteroatoms. The van der Waals surface area contributed by atoms with E-state index in [-0.39, 0.29) is 25.3 Å². The monoisotopic (exact) mass is 325 g/mol. The summed E-state index contributed by atoms with van der Waals surface area (Å²) in [5, 5.41) is 9.82. The van der Waals surface area contributed by atoms with Gasteiger partial charge >= 0.3 is 6.18 Å². The van der Waals surface area contributed by atoms with Crippen LogP contribution in [-0.4, -0.2) is 29.7 Å². The van der Waals surface area contributed by atoms with Gasteiger partial charge in [0.1, 0.15) is 6.04 Å². The Labute approximate surface area is 132 Å². The number of hydrogen-bond donors (Lipinski definition) is 1. The molecule has 0 aromatic heterocycles. The van der Waals surface area contributed by atoms with E-state index in [4.69, 9.17) is 5.26 Å². The maximum absolute atomic E-state index is 13.1. The molecule has 1 aromatic rings. The Morgan fingerprint density at radius 3 is 2.74 bits per heavy atom. The molecular formula is C16H18F3N3O. The normalized spacial score (nSPS) is 16.9. The van der Waals surface area contributed by atoms with Crippen molar-refractivity contribution in [1.29, 1.82) is 5.26 Å². The quantitative estimate of drug-likeness (QED) is 0.818. The Morgan fingerprint density at radius 2 is 2.13 bits per heavy atom. The van der Waals surface area contributed by atoms with Crippen molar-refractivity contribution in [2.45, 2.75) is 44.3 Å². The van der Waals surface area contributed by atoms with Crippen LogP contribution in [0, 0.1) is 11.3 Å². The molecule has 1 saturated heterocycles. The van der Waals surface area contributed by atoms with Gasteiger partial charge in [-0.25, -0.2) is 5.01 Å². The molecule has 1 N–H and O–H groups in total. The molecule has 2 rings (SSSR count). The Kier molecular flexibility index (Phi) is 5.61. The predicted molar refractivity (Wildman–Crippen MR) is 78.0 cm³/mol. The molecule has 0 radical (unpaired) electrons. The third-order valence-corrected chi connectivity index (χ3v) is 3.85. The van der Waals surface area contributed by atoms with Crippen LogP contribution in [0.5, 0.6) is 0 Å². The van der Waals surface area contributed by atoms with Crippen molar-refractivity contribution >= 4 is 5.91 Å². The van der Waals surface area contributed by atoms with Gasteiger partial charge in [-0.1, -0.05) is 18.6 Å². The van der Waals surface area contributed by atoms with Crippen LogP contribution in [0.25, 0.3) is 0 Å². The van der Waals surface area contributed by atoms with Gasteiger partial charge in [0.15, 0.2) is 0 Å². The summed E-state index contributed by atoms with van der Waals surface area (Å²) >= 11 is 0. The number of carbonyl (C=O) groups excluding carboxylic acids is 1. The van der Waals surface area contributed by atoms with Gasteiger partial charge in [-0.15, -0.1) is 0 Å². The van der Waals surface area contributed by atoms with Crippen LogP contribution in [0.1, 0.15) is 36.8 Å². The Bertz CT molecular complexity index is 595. The number of nitriles is 1. The van der Waals surface area contributed by atoms with Crippen LogP contribution in [0.4, 0.5) is 13.2 Å². The van der Waals surface area contributed by atoms with Crippen molar-refractivity contribution < 1.29 is 18.0 Å². The number of hydrazine groups is 1. The topological polar surface area (TPSA) is 56.1 Å². The standard InChI is InChI=1S/C16H18F3N3O/c17-16(18,19)14(22-9-8-15(23)21-22)7-2-1-4-12-5-3-6-13(10-12)11-20/h3,5-6,10,14H,1-2,4,7-9H2,(H,21,23). The lowest BCUT2D eigenvalue weighted by molar-refractivity contribution is -0.190. The number of aryl methyl sites for hydroxylation is 1. The van der Waals surface area contributed by atoms with E-state index in [9.17, 15) is 18.0 Å². The third kappa shape index (κ3) is 4.96. The molecular weight excluding hydrogens is 307 g/mol. The van der Waals surface area contributed by atoms with Crippen LogP contribution < -0.4 is 5.43 Å². The Hall–Kier alpha value is -2.07. The van der Waals surface area contributed by atoms with E-state index in [0.29, 0.717) is 24.8 Å². The lowest BCUT2D eigenvalue weighted by Gasteiger charge is -2.28. The fourth-order valence-corrected chi connectivity index (χ4v) is 2.69. The highest BCUT2D eigenvalue weighted by molar-refractivity contribution is 5.77. The molecule has 1 atom stereocenters. The molecule has 0 bridgehead atoms.